The van der Waals surface area contributed by atoms with E-state index in [-0.39, 0.29) is 0 Å². The first-order chi connectivity index (χ1) is 8.31. The maximum absolute atomic E-state index is 5.79. The lowest BCUT2D eigenvalue weighted by molar-refractivity contribution is 0.289. The van der Waals surface area contributed by atoms with Gasteiger partial charge in [0.15, 0.2) is 0 Å². The molecule has 3 nitrogen and oxygen atoms in total. The highest BCUT2D eigenvalue weighted by atomic mass is 16.5. The highest BCUT2D eigenvalue weighted by Crippen LogP contribution is 2.36. The van der Waals surface area contributed by atoms with E-state index in [1.807, 2.05) is 0 Å². The van der Waals surface area contributed by atoms with Crippen LogP contribution in [0.4, 0.5) is 0 Å². The van der Waals surface area contributed by atoms with Crippen LogP contribution in [0.15, 0.2) is 18.3 Å². The lowest BCUT2D eigenvalue weighted by atomic mass is 9.94. The fourth-order valence-electron chi connectivity index (χ4n) is 2.64. The highest BCUT2D eigenvalue weighted by molar-refractivity contribution is 5.89. The van der Waals surface area contributed by atoms with E-state index in [0.29, 0.717) is 12.5 Å². The van der Waals surface area contributed by atoms with Crippen LogP contribution in [0.25, 0.3) is 10.9 Å². The summed E-state index contributed by atoms with van der Waals surface area (Å²) in [5.74, 6) is 1.44. The molecule has 3 N–H and O–H groups in total. The standard InChI is InChI=1S/C14H18N2O/c1-9(7-15)11-8-16-12-4-5-13-10(14(11)12)3-2-6-17-13/h4-5,8-9,16H,2-3,6-7,15H2,1H3/t9-/m0/s1. The Bertz CT molecular complexity index is 544. The van der Waals surface area contributed by atoms with E-state index in [1.165, 1.54) is 22.0 Å². The number of hydrogen-bond acceptors (Lipinski definition) is 2. The van der Waals surface area contributed by atoms with Crippen LogP contribution >= 0.6 is 0 Å². The number of H-pyrrole nitrogens is 1. The molecule has 1 atom stereocenters. The Hall–Kier alpha value is -1.48. The molecule has 17 heavy (non-hydrogen) atoms. The van der Waals surface area contributed by atoms with Gasteiger partial charge in [0.2, 0.25) is 0 Å². The summed E-state index contributed by atoms with van der Waals surface area (Å²) in [6.45, 7) is 3.69. The third kappa shape index (κ3) is 1.62. The summed E-state index contributed by atoms with van der Waals surface area (Å²) in [6.07, 6.45) is 4.31. The molecule has 0 spiro atoms. The molecular formula is C14H18N2O. The topological polar surface area (TPSA) is 51.0 Å². The Morgan fingerprint density at radius 1 is 1.47 bits per heavy atom. The third-order valence-corrected chi connectivity index (χ3v) is 3.65. The minimum atomic E-state index is 0.386. The minimum absolute atomic E-state index is 0.386. The van der Waals surface area contributed by atoms with Crippen molar-refractivity contribution in [3.8, 4) is 5.75 Å². The van der Waals surface area contributed by atoms with E-state index in [9.17, 15) is 0 Å². The zero-order chi connectivity index (χ0) is 11.8. The molecule has 0 unspecified atom stereocenters. The molecule has 2 heterocycles. The van der Waals surface area contributed by atoms with E-state index < -0.39 is 0 Å². The van der Waals surface area contributed by atoms with E-state index >= 15 is 0 Å². The van der Waals surface area contributed by atoms with Crippen molar-refractivity contribution in [2.24, 2.45) is 5.73 Å². The van der Waals surface area contributed by atoms with Gasteiger partial charge in [0, 0.05) is 22.7 Å². The van der Waals surface area contributed by atoms with E-state index in [1.54, 1.807) is 0 Å². The van der Waals surface area contributed by atoms with Crippen LogP contribution in [0.2, 0.25) is 0 Å². The van der Waals surface area contributed by atoms with Crippen LogP contribution in [-0.2, 0) is 6.42 Å². The summed E-state index contributed by atoms with van der Waals surface area (Å²) in [4.78, 5) is 3.34. The zero-order valence-electron chi connectivity index (χ0n) is 10.1. The van der Waals surface area contributed by atoms with Gasteiger partial charge in [-0.1, -0.05) is 6.92 Å². The Kier molecular flexibility index (Phi) is 2.56. The average Bonchev–Trinajstić information content (AvgIpc) is 2.82. The van der Waals surface area contributed by atoms with E-state index in [4.69, 9.17) is 10.5 Å². The molecule has 1 aliphatic heterocycles. The molecule has 0 aliphatic carbocycles. The summed E-state index contributed by atoms with van der Waals surface area (Å²) in [5.41, 5.74) is 9.66. The van der Waals surface area contributed by atoms with Crippen LogP contribution in [-0.4, -0.2) is 18.1 Å². The Morgan fingerprint density at radius 2 is 2.35 bits per heavy atom. The second-order valence-corrected chi connectivity index (χ2v) is 4.80. The monoisotopic (exact) mass is 230 g/mol. The first-order valence-electron chi connectivity index (χ1n) is 6.27. The van der Waals surface area contributed by atoms with Gasteiger partial charge in [0.05, 0.1) is 6.61 Å². The van der Waals surface area contributed by atoms with Gasteiger partial charge in [-0.05, 0) is 43.0 Å². The number of aryl methyl sites for hydroxylation is 1. The maximum atomic E-state index is 5.79. The van der Waals surface area contributed by atoms with Crippen LogP contribution in [0.1, 0.15) is 30.4 Å². The third-order valence-electron chi connectivity index (χ3n) is 3.65. The van der Waals surface area contributed by atoms with Crippen molar-refractivity contribution in [3.63, 3.8) is 0 Å². The molecule has 3 rings (SSSR count). The van der Waals surface area contributed by atoms with Crippen LogP contribution in [0.3, 0.4) is 0 Å². The first-order valence-corrected chi connectivity index (χ1v) is 6.27. The molecule has 0 saturated carbocycles. The fraction of sp³-hybridized carbons (Fsp3) is 0.429. The van der Waals surface area contributed by atoms with Crippen molar-refractivity contribution < 1.29 is 4.74 Å². The number of aromatic amines is 1. The van der Waals surface area contributed by atoms with Gasteiger partial charge in [-0.2, -0.15) is 0 Å². The molecule has 3 heteroatoms. The van der Waals surface area contributed by atoms with Crippen LogP contribution < -0.4 is 10.5 Å². The summed E-state index contributed by atoms with van der Waals surface area (Å²) in [7, 11) is 0. The molecule has 1 aliphatic rings. The number of nitrogens with two attached hydrogens (primary N) is 1. The number of hydrogen-bond donors (Lipinski definition) is 2. The Labute approximate surface area is 101 Å². The molecule has 90 valence electrons. The van der Waals surface area contributed by atoms with E-state index in [2.05, 4.69) is 30.2 Å². The molecule has 0 radical (unpaired) electrons. The minimum Gasteiger partial charge on any atom is -0.493 e. The molecule has 0 bridgehead atoms. The van der Waals surface area contributed by atoms with Crippen LogP contribution in [0.5, 0.6) is 5.75 Å². The largest absolute Gasteiger partial charge is 0.493 e. The summed E-state index contributed by atoms with van der Waals surface area (Å²) in [6, 6.07) is 4.18. The average molecular weight is 230 g/mol. The smallest absolute Gasteiger partial charge is 0.123 e. The lowest BCUT2D eigenvalue weighted by Crippen LogP contribution is -2.11. The number of rotatable bonds is 2. The van der Waals surface area contributed by atoms with Gasteiger partial charge in [-0.15, -0.1) is 0 Å². The van der Waals surface area contributed by atoms with Gasteiger partial charge in [0.1, 0.15) is 5.75 Å². The molecule has 2 aromatic rings. The van der Waals surface area contributed by atoms with Crippen LogP contribution in [0, 0.1) is 0 Å². The number of nitrogens with one attached hydrogen (secondary N) is 1. The lowest BCUT2D eigenvalue weighted by Gasteiger charge is -2.19. The first kappa shape index (κ1) is 10.7. The molecule has 1 aromatic carbocycles. The molecule has 0 amide bonds. The second-order valence-electron chi connectivity index (χ2n) is 4.80. The molecular weight excluding hydrogens is 212 g/mol. The number of ether oxygens (including phenoxy) is 1. The maximum Gasteiger partial charge on any atom is 0.123 e. The Balaban J connectivity index is 2.24. The number of benzene rings is 1. The van der Waals surface area contributed by atoms with Crippen molar-refractivity contribution in [3.05, 3.63) is 29.5 Å². The van der Waals surface area contributed by atoms with Crippen molar-refractivity contribution >= 4 is 10.9 Å². The van der Waals surface area contributed by atoms with Crippen molar-refractivity contribution in [1.82, 2.24) is 4.98 Å². The summed E-state index contributed by atoms with van der Waals surface area (Å²) < 4.78 is 5.72. The van der Waals surface area contributed by atoms with Gasteiger partial charge >= 0.3 is 0 Å². The zero-order valence-corrected chi connectivity index (χ0v) is 10.1. The predicted octanol–water partition coefficient (Wildman–Crippen LogP) is 2.56. The van der Waals surface area contributed by atoms with Crippen molar-refractivity contribution in [1.29, 1.82) is 0 Å². The summed E-state index contributed by atoms with van der Waals surface area (Å²) in [5, 5.41) is 1.33. The molecule has 1 aromatic heterocycles. The van der Waals surface area contributed by atoms with Gasteiger partial charge in [-0.3, -0.25) is 0 Å². The number of aromatic nitrogens is 1. The van der Waals surface area contributed by atoms with E-state index in [0.717, 1.165) is 25.2 Å². The Morgan fingerprint density at radius 3 is 3.18 bits per heavy atom. The number of fused-ring (bicyclic) bond motifs is 3. The van der Waals surface area contributed by atoms with Crippen molar-refractivity contribution in [2.75, 3.05) is 13.2 Å². The van der Waals surface area contributed by atoms with Gasteiger partial charge in [0.25, 0.3) is 0 Å². The second kappa shape index (κ2) is 4.08. The summed E-state index contributed by atoms with van der Waals surface area (Å²) >= 11 is 0. The van der Waals surface area contributed by atoms with Crippen molar-refractivity contribution in [2.45, 2.75) is 25.7 Å². The SMILES string of the molecule is C[C@@H](CN)c1c[nH]c2ccc3c(c12)CCCO3. The van der Waals surface area contributed by atoms with Gasteiger partial charge in [-0.25, -0.2) is 0 Å². The predicted molar refractivity (Wildman–Crippen MR) is 69.6 cm³/mol. The molecule has 0 saturated heterocycles. The molecule has 0 fully saturated rings. The van der Waals surface area contributed by atoms with Gasteiger partial charge < -0.3 is 15.5 Å². The quantitative estimate of drug-likeness (QED) is 0.833. The fourth-order valence-corrected chi connectivity index (χ4v) is 2.64. The normalized spacial score (nSPS) is 16.6. The highest BCUT2D eigenvalue weighted by Gasteiger charge is 2.18.